The van der Waals surface area contributed by atoms with Crippen molar-refractivity contribution in [2.45, 2.75) is 38.6 Å². The number of ketones is 1. The van der Waals surface area contributed by atoms with Crippen molar-refractivity contribution in [1.29, 1.82) is 0 Å². The van der Waals surface area contributed by atoms with Gasteiger partial charge in [0.15, 0.2) is 5.78 Å². The van der Waals surface area contributed by atoms with E-state index in [9.17, 15) is 14.4 Å². The Bertz CT molecular complexity index is 1190. The number of carbonyl (C=O) groups excluding carboxylic acids is 2. The smallest absolute Gasteiger partial charge is 0.262 e. The lowest BCUT2D eigenvalue weighted by Crippen LogP contribution is -2.24. The van der Waals surface area contributed by atoms with Crippen LogP contribution in [0.15, 0.2) is 29.3 Å². The average Bonchev–Trinajstić information content (AvgIpc) is 3.31. The van der Waals surface area contributed by atoms with E-state index in [-0.39, 0.29) is 29.7 Å². The third kappa shape index (κ3) is 2.45. The fourth-order valence-electron chi connectivity index (χ4n) is 3.97. The van der Waals surface area contributed by atoms with E-state index in [1.807, 2.05) is 6.92 Å². The molecule has 1 aliphatic carbocycles. The molecule has 1 atom stereocenters. The van der Waals surface area contributed by atoms with Crippen LogP contribution in [0.3, 0.4) is 0 Å². The topological polar surface area (TPSA) is 81.1 Å². The number of aryl methyl sites for hydroxylation is 2. The molecule has 27 heavy (non-hydrogen) atoms. The summed E-state index contributed by atoms with van der Waals surface area (Å²) in [6.07, 6.45) is 4.46. The van der Waals surface area contributed by atoms with Gasteiger partial charge >= 0.3 is 0 Å². The predicted octanol–water partition coefficient (Wildman–Crippen LogP) is 2.89. The average molecular weight is 379 g/mol. The Morgan fingerprint density at radius 3 is 3.04 bits per heavy atom. The predicted molar refractivity (Wildman–Crippen MR) is 104 cm³/mol. The summed E-state index contributed by atoms with van der Waals surface area (Å²) in [5, 5.41) is 3.48. The number of nitrogens with one attached hydrogen (secondary N) is 1. The minimum Gasteiger partial charge on any atom is -0.325 e. The highest BCUT2D eigenvalue weighted by molar-refractivity contribution is 7.18. The minimum absolute atomic E-state index is 0.0546. The molecule has 0 saturated heterocycles. The molecule has 3 heterocycles. The lowest BCUT2D eigenvalue weighted by atomic mass is 9.99. The van der Waals surface area contributed by atoms with Crippen LogP contribution in [0.1, 0.15) is 45.6 Å². The van der Waals surface area contributed by atoms with Gasteiger partial charge in [0.05, 0.1) is 24.2 Å². The molecule has 2 aliphatic rings. The number of nitrogens with zero attached hydrogens (tertiary/aromatic N) is 2. The van der Waals surface area contributed by atoms with Gasteiger partial charge in [0.25, 0.3) is 5.56 Å². The van der Waals surface area contributed by atoms with Crippen LogP contribution in [0.2, 0.25) is 0 Å². The molecule has 1 aliphatic heterocycles. The summed E-state index contributed by atoms with van der Waals surface area (Å²) >= 11 is 1.59. The number of carbonyl (C=O) groups is 2. The molecule has 7 heteroatoms. The van der Waals surface area contributed by atoms with Gasteiger partial charge in [-0.15, -0.1) is 11.3 Å². The Kier molecular flexibility index (Phi) is 3.55. The molecule has 1 aromatic carbocycles. The molecule has 136 valence electrons. The molecule has 0 saturated carbocycles. The summed E-state index contributed by atoms with van der Waals surface area (Å²) in [5.74, 6) is -0.506. The molecule has 2 aromatic heterocycles. The second-order valence-electron chi connectivity index (χ2n) is 7.15. The van der Waals surface area contributed by atoms with Gasteiger partial charge in [0, 0.05) is 16.1 Å². The lowest BCUT2D eigenvalue weighted by molar-refractivity contribution is -0.116. The molecule has 1 amide bonds. The number of amides is 1. The summed E-state index contributed by atoms with van der Waals surface area (Å²) in [4.78, 5) is 43.9. The number of hydrogen-bond donors (Lipinski definition) is 1. The van der Waals surface area contributed by atoms with E-state index in [4.69, 9.17) is 0 Å². The highest BCUT2D eigenvalue weighted by Gasteiger charge is 2.27. The van der Waals surface area contributed by atoms with Gasteiger partial charge in [-0.05, 0) is 55.5 Å². The zero-order valence-corrected chi connectivity index (χ0v) is 15.6. The minimum atomic E-state index is -0.276. The number of rotatable bonds is 3. The van der Waals surface area contributed by atoms with Crippen LogP contribution in [0.5, 0.6) is 0 Å². The van der Waals surface area contributed by atoms with Crippen LogP contribution in [-0.2, 0) is 24.2 Å². The van der Waals surface area contributed by atoms with Crippen molar-refractivity contribution in [2.24, 2.45) is 0 Å². The Morgan fingerprint density at radius 2 is 2.19 bits per heavy atom. The first-order valence-corrected chi connectivity index (χ1v) is 9.82. The first kappa shape index (κ1) is 16.4. The summed E-state index contributed by atoms with van der Waals surface area (Å²) in [6.45, 7) is 1.76. The van der Waals surface area contributed by atoms with Gasteiger partial charge in [-0.2, -0.15) is 0 Å². The monoisotopic (exact) mass is 379 g/mol. The maximum atomic E-state index is 12.9. The van der Waals surface area contributed by atoms with E-state index < -0.39 is 0 Å². The van der Waals surface area contributed by atoms with Gasteiger partial charge in [-0.3, -0.25) is 19.0 Å². The zero-order valence-electron chi connectivity index (χ0n) is 14.7. The Balaban J connectivity index is 1.49. The first-order chi connectivity index (χ1) is 13.0. The highest BCUT2D eigenvalue weighted by Crippen LogP contribution is 2.35. The summed E-state index contributed by atoms with van der Waals surface area (Å²) in [6, 6.07) is 5.19. The highest BCUT2D eigenvalue weighted by atomic mass is 32.1. The van der Waals surface area contributed by atoms with E-state index in [1.54, 1.807) is 29.5 Å². The Labute approximate surface area is 158 Å². The molecular weight excluding hydrogens is 362 g/mol. The molecule has 0 radical (unpaired) electrons. The Morgan fingerprint density at radius 1 is 1.33 bits per heavy atom. The first-order valence-electron chi connectivity index (χ1n) is 9.00. The normalized spacial score (nSPS) is 17.8. The van der Waals surface area contributed by atoms with Crippen LogP contribution in [0, 0.1) is 0 Å². The summed E-state index contributed by atoms with van der Waals surface area (Å²) in [5.41, 5.74) is 3.05. The number of benzene rings is 1. The van der Waals surface area contributed by atoms with Crippen molar-refractivity contribution in [1.82, 2.24) is 9.55 Å². The van der Waals surface area contributed by atoms with Crippen LogP contribution >= 0.6 is 11.3 Å². The van der Waals surface area contributed by atoms with Crippen LogP contribution in [-0.4, -0.2) is 21.2 Å². The van der Waals surface area contributed by atoms with Crippen molar-refractivity contribution in [2.75, 3.05) is 5.32 Å². The number of aromatic nitrogens is 2. The summed E-state index contributed by atoms with van der Waals surface area (Å²) in [7, 11) is 0. The molecule has 0 fully saturated rings. The number of anilines is 1. The second-order valence-corrected chi connectivity index (χ2v) is 8.23. The fraction of sp³-hybridized carbons (Fsp3) is 0.300. The summed E-state index contributed by atoms with van der Waals surface area (Å²) < 4.78 is 1.40. The van der Waals surface area contributed by atoms with Gasteiger partial charge in [-0.1, -0.05) is 0 Å². The van der Waals surface area contributed by atoms with E-state index in [2.05, 4.69) is 10.3 Å². The fourth-order valence-corrected chi connectivity index (χ4v) is 5.19. The Hall–Kier alpha value is -2.80. The molecule has 1 N–H and O–H groups in total. The zero-order chi connectivity index (χ0) is 18.7. The lowest BCUT2D eigenvalue weighted by Gasteiger charge is -2.08. The van der Waals surface area contributed by atoms with Crippen molar-refractivity contribution in [3.05, 3.63) is 56.4 Å². The van der Waals surface area contributed by atoms with Crippen molar-refractivity contribution in [3.8, 4) is 0 Å². The largest absolute Gasteiger partial charge is 0.325 e. The quantitative estimate of drug-likeness (QED) is 0.710. The van der Waals surface area contributed by atoms with Crippen molar-refractivity contribution >= 4 is 38.9 Å². The van der Waals surface area contributed by atoms with Gasteiger partial charge in [0.2, 0.25) is 5.91 Å². The molecular formula is C20H17N3O3S. The van der Waals surface area contributed by atoms with E-state index in [0.29, 0.717) is 10.9 Å². The van der Waals surface area contributed by atoms with Crippen LogP contribution < -0.4 is 10.9 Å². The molecule has 0 spiro atoms. The van der Waals surface area contributed by atoms with Crippen LogP contribution in [0.25, 0.3) is 10.2 Å². The van der Waals surface area contributed by atoms with E-state index >= 15 is 0 Å². The molecule has 5 rings (SSSR count). The number of fused-ring (bicyclic) bond motifs is 4. The van der Waals surface area contributed by atoms with E-state index in [1.165, 1.54) is 15.8 Å². The molecule has 6 nitrogen and oxygen atoms in total. The maximum Gasteiger partial charge on any atom is 0.262 e. The molecule has 0 unspecified atom stereocenters. The standard InChI is InChI=1S/C20H17N3O3S/c1-10-13-7-11(5-6-14(13)22-18(10)25)15(24)8-23-9-21-19-17(20(23)26)12-3-2-4-16(12)27-19/h5-7,9-10H,2-4,8H2,1H3,(H,22,25)/t10-/m1/s1. The van der Waals surface area contributed by atoms with Crippen LogP contribution in [0.4, 0.5) is 5.69 Å². The molecule has 0 bridgehead atoms. The van der Waals surface area contributed by atoms with E-state index in [0.717, 1.165) is 40.9 Å². The number of Topliss-reactive ketones (excluding diaryl/α,β-unsaturated/α-hetero) is 1. The van der Waals surface area contributed by atoms with Gasteiger partial charge < -0.3 is 5.32 Å². The second kappa shape index (κ2) is 5.85. The van der Waals surface area contributed by atoms with Crippen molar-refractivity contribution < 1.29 is 9.59 Å². The molecule has 3 aromatic rings. The third-order valence-corrected chi connectivity index (χ3v) is 6.70. The van der Waals surface area contributed by atoms with Gasteiger partial charge in [0.1, 0.15) is 4.83 Å². The number of hydrogen-bond acceptors (Lipinski definition) is 5. The van der Waals surface area contributed by atoms with Crippen molar-refractivity contribution in [3.63, 3.8) is 0 Å². The number of thiophene rings is 1. The maximum absolute atomic E-state index is 12.9. The SMILES string of the molecule is C[C@H]1C(=O)Nc2ccc(C(=O)Cn3cnc4sc5c(c4c3=O)CCC5)cc21. The third-order valence-electron chi connectivity index (χ3n) is 5.50. The van der Waals surface area contributed by atoms with Gasteiger partial charge in [-0.25, -0.2) is 4.98 Å².